The summed E-state index contributed by atoms with van der Waals surface area (Å²) in [6.45, 7) is 1.28. The number of benzene rings is 3. The molecule has 0 saturated carbocycles. The summed E-state index contributed by atoms with van der Waals surface area (Å²) >= 11 is 3.38. The monoisotopic (exact) mass is 721 g/mol. The standard InChI is InChI=1S/C37H41BrFN3O6/c1-41(23-32(43)26-8-3-2-4-9-26)37(47)36-29(20-28-21-42(22-31(36)40-28)34(44)10-5-11-35(45)46)25-14-12-24(13-15-25)7-6-18-48-33-19-27(39)16-17-30(33)38/h2-4,8-9,12-17,19,28,31-32,40,43H,5-7,10-11,18,20-23H2,1H3,(H,45,46)/t28-,31-,32-/m1/s1. The number of aliphatic hydroxyl groups excluding tert-OH is 1. The highest BCUT2D eigenvalue weighted by Crippen LogP contribution is 2.35. The number of carboxylic acids is 1. The number of rotatable bonds is 14. The number of aliphatic hydroxyl groups is 1. The number of piperazine rings is 1. The maximum absolute atomic E-state index is 14.2. The maximum atomic E-state index is 14.2. The molecule has 2 aliphatic heterocycles. The number of ether oxygens (including phenoxy) is 1. The molecule has 1 fully saturated rings. The maximum Gasteiger partial charge on any atom is 0.303 e. The Bertz CT molecular complexity index is 1630. The van der Waals surface area contributed by atoms with E-state index in [-0.39, 0.29) is 49.5 Å². The number of hydrogen-bond acceptors (Lipinski definition) is 6. The molecule has 0 spiro atoms. The second kappa shape index (κ2) is 16.4. The zero-order valence-corrected chi connectivity index (χ0v) is 28.5. The first-order chi connectivity index (χ1) is 23.1. The third kappa shape index (κ3) is 9.09. The Morgan fingerprint density at radius 2 is 1.79 bits per heavy atom. The number of carbonyl (C=O) groups is 3. The van der Waals surface area contributed by atoms with Crippen LogP contribution in [-0.4, -0.2) is 83.2 Å². The van der Waals surface area contributed by atoms with Crippen LogP contribution >= 0.6 is 15.9 Å². The third-order valence-corrected chi connectivity index (χ3v) is 9.47. The van der Waals surface area contributed by atoms with Crippen molar-refractivity contribution in [1.29, 1.82) is 0 Å². The molecule has 3 N–H and O–H groups in total. The molecule has 3 aromatic rings. The highest BCUT2D eigenvalue weighted by molar-refractivity contribution is 9.10. The highest BCUT2D eigenvalue weighted by Gasteiger charge is 2.40. The largest absolute Gasteiger partial charge is 0.492 e. The molecule has 0 unspecified atom stereocenters. The van der Waals surface area contributed by atoms with Crippen molar-refractivity contribution in [1.82, 2.24) is 15.1 Å². The quantitative estimate of drug-likeness (QED) is 0.192. The lowest BCUT2D eigenvalue weighted by Crippen LogP contribution is -2.62. The van der Waals surface area contributed by atoms with Crippen molar-refractivity contribution in [3.05, 3.63) is 105 Å². The molecule has 2 bridgehead atoms. The second-order valence-electron chi connectivity index (χ2n) is 12.4. The van der Waals surface area contributed by atoms with Crippen molar-refractivity contribution in [2.45, 2.75) is 56.7 Å². The van der Waals surface area contributed by atoms with Gasteiger partial charge in [-0.3, -0.25) is 14.4 Å². The molecule has 2 amide bonds. The van der Waals surface area contributed by atoms with Crippen LogP contribution in [-0.2, 0) is 20.8 Å². The number of carboxylic acid groups (broad SMARTS) is 1. The number of carbonyl (C=O) groups excluding carboxylic acids is 2. The molecule has 9 nitrogen and oxygen atoms in total. The Morgan fingerprint density at radius 1 is 1.04 bits per heavy atom. The van der Waals surface area contributed by atoms with Gasteiger partial charge in [-0.2, -0.15) is 0 Å². The third-order valence-electron chi connectivity index (χ3n) is 8.81. The number of likely N-dealkylation sites (N-methyl/N-ethyl adjacent to an activating group) is 1. The number of aryl methyl sites for hydroxylation is 1. The topological polar surface area (TPSA) is 119 Å². The van der Waals surface area contributed by atoms with Gasteiger partial charge in [-0.05, 0) is 76.0 Å². The van der Waals surface area contributed by atoms with E-state index in [9.17, 15) is 23.9 Å². The van der Waals surface area contributed by atoms with Gasteiger partial charge in [0.1, 0.15) is 11.6 Å². The van der Waals surface area contributed by atoms with Crippen molar-refractivity contribution >= 4 is 39.3 Å². The fraction of sp³-hybridized carbons (Fsp3) is 0.378. The van der Waals surface area contributed by atoms with E-state index >= 15 is 0 Å². The Kier molecular flexibility index (Phi) is 12.0. The minimum Gasteiger partial charge on any atom is -0.492 e. The molecule has 2 heterocycles. The van der Waals surface area contributed by atoms with Crippen molar-refractivity contribution in [3.8, 4) is 5.75 Å². The van der Waals surface area contributed by atoms with Gasteiger partial charge in [-0.15, -0.1) is 0 Å². The van der Waals surface area contributed by atoms with E-state index in [1.165, 1.54) is 17.0 Å². The number of nitrogens with one attached hydrogen (secondary N) is 1. The fourth-order valence-corrected chi connectivity index (χ4v) is 6.73. The Hall–Kier alpha value is -4.06. The van der Waals surface area contributed by atoms with E-state index in [0.29, 0.717) is 47.5 Å². The average molecular weight is 723 g/mol. The molecule has 11 heteroatoms. The lowest BCUT2D eigenvalue weighted by molar-refractivity contribution is -0.138. The molecule has 3 atom stereocenters. The summed E-state index contributed by atoms with van der Waals surface area (Å²) in [5.74, 6) is -1.16. The minimum atomic E-state index is -0.933. The van der Waals surface area contributed by atoms with E-state index < -0.39 is 18.1 Å². The molecule has 3 aromatic carbocycles. The predicted octanol–water partition coefficient (Wildman–Crippen LogP) is 5.37. The first-order valence-electron chi connectivity index (χ1n) is 16.2. The van der Waals surface area contributed by atoms with Crippen molar-refractivity contribution in [3.63, 3.8) is 0 Å². The normalized spacial score (nSPS) is 18.0. The van der Waals surface area contributed by atoms with Crippen LogP contribution in [0.4, 0.5) is 4.39 Å². The molecular formula is C37H41BrFN3O6. The molecule has 48 heavy (non-hydrogen) atoms. The molecule has 2 aliphatic rings. The smallest absolute Gasteiger partial charge is 0.303 e. The molecule has 0 aliphatic carbocycles. The lowest BCUT2D eigenvalue weighted by Gasteiger charge is -2.45. The first kappa shape index (κ1) is 35.3. The first-order valence-corrected chi connectivity index (χ1v) is 17.0. The fourth-order valence-electron chi connectivity index (χ4n) is 6.37. The molecule has 0 radical (unpaired) electrons. The van der Waals surface area contributed by atoms with E-state index in [2.05, 4.69) is 21.2 Å². The lowest BCUT2D eigenvalue weighted by atomic mass is 9.82. The number of halogens is 2. The summed E-state index contributed by atoms with van der Waals surface area (Å²) < 4.78 is 20.0. The van der Waals surface area contributed by atoms with Crippen molar-refractivity contribution < 1.29 is 33.7 Å². The van der Waals surface area contributed by atoms with Crippen LogP contribution in [0.25, 0.3) is 5.57 Å². The highest BCUT2D eigenvalue weighted by atomic mass is 79.9. The summed E-state index contributed by atoms with van der Waals surface area (Å²) in [6.07, 6.45) is 1.49. The van der Waals surface area contributed by atoms with Crippen molar-refractivity contribution in [2.24, 2.45) is 0 Å². The summed E-state index contributed by atoms with van der Waals surface area (Å²) in [5.41, 5.74) is 4.23. The van der Waals surface area contributed by atoms with Crippen LogP contribution in [0.5, 0.6) is 5.75 Å². The van der Waals surface area contributed by atoms with Gasteiger partial charge in [0.05, 0.1) is 29.8 Å². The van der Waals surface area contributed by atoms with E-state index in [0.717, 1.165) is 29.5 Å². The van der Waals surface area contributed by atoms with Gasteiger partial charge in [0.2, 0.25) is 5.91 Å². The van der Waals surface area contributed by atoms with Crippen LogP contribution < -0.4 is 10.1 Å². The van der Waals surface area contributed by atoms with Crippen LogP contribution in [0.1, 0.15) is 54.9 Å². The van der Waals surface area contributed by atoms with E-state index in [4.69, 9.17) is 9.84 Å². The molecule has 0 aromatic heterocycles. The van der Waals surface area contributed by atoms with E-state index in [1.54, 1.807) is 18.0 Å². The van der Waals surface area contributed by atoms with Gasteiger partial charge >= 0.3 is 5.97 Å². The summed E-state index contributed by atoms with van der Waals surface area (Å²) in [4.78, 5) is 41.5. The van der Waals surface area contributed by atoms with Gasteiger partial charge in [0.25, 0.3) is 5.91 Å². The molecule has 5 rings (SSSR count). The SMILES string of the molecule is CN(C[C@@H](O)c1ccccc1)C(=O)C1=C(c2ccc(CCCOc3cc(F)ccc3Br)cc2)C[C@@H]2CN(C(=O)CCCC(=O)O)C[C@H]1N2. The Balaban J connectivity index is 1.32. The van der Waals surface area contributed by atoms with Crippen LogP contribution in [0.3, 0.4) is 0 Å². The number of hydrogen-bond donors (Lipinski definition) is 3. The zero-order chi connectivity index (χ0) is 34.2. The predicted molar refractivity (Wildman–Crippen MR) is 184 cm³/mol. The number of amides is 2. The number of nitrogens with zero attached hydrogens (tertiary/aromatic N) is 2. The summed E-state index contributed by atoms with van der Waals surface area (Å²) in [5, 5.41) is 23.4. The summed E-state index contributed by atoms with van der Waals surface area (Å²) in [7, 11) is 1.68. The van der Waals surface area contributed by atoms with Crippen LogP contribution in [0, 0.1) is 5.82 Å². The minimum absolute atomic E-state index is 0.0686. The molecular weight excluding hydrogens is 681 g/mol. The number of aliphatic carboxylic acids is 1. The number of fused-ring (bicyclic) bond motifs is 2. The van der Waals surface area contributed by atoms with Crippen molar-refractivity contribution in [2.75, 3.05) is 33.3 Å². The van der Waals surface area contributed by atoms with Crippen LogP contribution in [0.2, 0.25) is 0 Å². The Morgan fingerprint density at radius 3 is 2.52 bits per heavy atom. The van der Waals surface area contributed by atoms with Gasteiger partial charge < -0.3 is 30.1 Å². The van der Waals surface area contributed by atoms with Gasteiger partial charge in [0.15, 0.2) is 0 Å². The van der Waals surface area contributed by atoms with Gasteiger partial charge in [-0.1, -0.05) is 54.6 Å². The van der Waals surface area contributed by atoms with Crippen LogP contribution in [0.15, 0.2) is 82.8 Å². The zero-order valence-electron chi connectivity index (χ0n) is 26.9. The summed E-state index contributed by atoms with van der Waals surface area (Å²) in [6, 6.07) is 21.2. The molecule has 254 valence electrons. The second-order valence-corrected chi connectivity index (χ2v) is 13.2. The van der Waals surface area contributed by atoms with Gasteiger partial charge in [0, 0.05) is 50.7 Å². The van der Waals surface area contributed by atoms with E-state index in [1.807, 2.05) is 54.6 Å². The van der Waals surface area contributed by atoms with Gasteiger partial charge in [-0.25, -0.2) is 4.39 Å². The average Bonchev–Trinajstić information content (AvgIpc) is 3.08. The molecule has 1 saturated heterocycles. The Labute approximate surface area is 288 Å².